The van der Waals surface area contributed by atoms with Crippen LogP contribution in [0.1, 0.15) is 35.5 Å². The van der Waals surface area contributed by atoms with Crippen molar-refractivity contribution in [3.05, 3.63) is 96.1 Å². The zero-order valence-electron chi connectivity index (χ0n) is 16.8. The maximum atomic E-state index is 12.7. The number of likely N-dealkylation sites (tertiary alicyclic amines) is 1. The van der Waals surface area contributed by atoms with Crippen LogP contribution in [0, 0.1) is 5.92 Å². The Kier molecular flexibility index (Phi) is 6.16. The normalized spacial score (nSPS) is 24.3. The number of rotatable bonds is 5. The minimum Gasteiger partial charge on any atom is -0.469 e. The number of aromatic nitrogens is 2. The zero-order valence-corrected chi connectivity index (χ0v) is 16.8. The van der Waals surface area contributed by atoms with Gasteiger partial charge in [0.05, 0.1) is 36.7 Å². The first kappa shape index (κ1) is 20.2. The molecule has 1 saturated heterocycles. The largest absolute Gasteiger partial charge is 0.469 e. The first-order valence-corrected chi connectivity index (χ1v) is 10.1. The van der Waals surface area contributed by atoms with Crippen molar-refractivity contribution in [2.45, 2.75) is 31.2 Å². The first-order chi connectivity index (χ1) is 14.7. The van der Waals surface area contributed by atoms with E-state index in [2.05, 4.69) is 27.0 Å². The van der Waals surface area contributed by atoms with Crippen molar-refractivity contribution < 1.29 is 14.6 Å². The smallest absolute Gasteiger partial charge is 0.313 e. The summed E-state index contributed by atoms with van der Waals surface area (Å²) in [6.45, 7) is 0.587. The molecule has 4 unspecified atom stereocenters. The summed E-state index contributed by atoms with van der Waals surface area (Å²) in [6, 6.07) is 20.9. The fraction of sp³-hybridized carbons (Fsp3) is 0.292. The number of pyridine rings is 2. The molecule has 3 aromatic rings. The highest BCUT2D eigenvalue weighted by molar-refractivity contribution is 5.74. The molecule has 1 N–H and O–H groups in total. The summed E-state index contributed by atoms with van der Waals surface area (Å²) in [5.41, 5.74) is 2.69. The molecule has 2 aromatic heterocycles. The van der Waals surface area contributed by atoms with E-state index in [1.807, 2.05) is 54.6 Å². The van der Waals surface area contributed by atoms with Gasteiger partial charge in [-0.05, 0) is 36.2 Å². The van der Waals surface area contributed by atoms with Gasteiger partial charge in [0.2, 0.25) is 0 Å². The molecule has 6 nitrogen and oxygen atoms in total. The van der Waals surface area contributed by atoms with Crippen molar-refractivity contribution in [1.29, 1.82) is 0 Å². The predicted octanol–water partition coefficient (Wildman–Crippen LogP) is 3.32. The molecule has 0 spiro atoms. The first-order valence-electron chi connectivity index (χ1n) is 10.1. The summed E-state index contributed by atoms with van der Waals surface area (Å²) in [7, 11) is 1.36. The lowest BCUT2D eigenvalue weighted by molar-refractivity contribution is -0.161. The Balaban J connectivity index is 1.83. The van der Waals surface area contributed by atoms with Gasteiger partial charge in [-0.3, -0.25) is 19.7 Å². The Labute approximate surface area is 176 Å². The number of esters is 1. The van der Waals surface area contributed by atoms with Crippen molar-refractivity contribution in [2.75, 3.05) is 7.11 Å². The number of piperidine rings is 1. The predicted molar refractivity (Wildman–Crippen MR) is 112 cm³/mol. The van der Waals surface area contributed by atoms with E-state index in [-0.39, 0.29) is 6.04 Å². The Morgan fingerprint density at radius 3 is 2.23 bits per heavy atom. The number of carbonyl (C=O) groups is 1. The van der Waals surface area contributed by atoms with E-state index in [0.29, 0.717) is 13.0 Å². The Morgan fingerprint density at radius 1 is 1.00 bits per heavy atom. The number of nitrogens with zero attached hydrogens (tertiary/aromatic N) is 3. The molecule has 0 amide bonds. The molecule has 4 rings (SSSR count). The zero-order chi connectivity index (χ0) is 20.9. The van der Waals surface area contributed by atoms with Crippen LogP contribution < -0.4 is 0 Å². The standard InChI is InChI=1S/C24H25N3O3/c1-30-24(29)22-21(28)15-20(18-11-5-7-13-25-18)27(16-17-9-3-2-4-10-17)23(22)19-12-6-8-14-26-19/h2-14,20-23,28H,15-16H2,1H3. The van der Waals surface area contributed by atoms with E-state index in [0.717, 1.165) is 17.0 Å². The summed E-state index contributed by atoms with van der Waals surface area (Å²) in [5.74, 6) is -1.18. The van der Waals surface area contributed by atoms with Gasteiger partial charge in [-0.2, -0.15) is 0 Å². The van der Waals surface area contributed by atoms with Crippen LogP contribution in [0.5, 0.6) is 0 Å². The van der Waals surface area contributed by atoms with Crippen LogP contribution >= 0.6 is 0 Å². The summed E-state index contributed by atoms with van der Waals surface area (Å²) < 4.78 is 5.08. The van der Waals surface area contributed by atoms with Crippen molar-refractivity contribution in [3.8, 4) is 0 Å². The monoisotopic (exact) mass is 403 g/mol. The molecular weight excluding hydrogens is 378 g/mol. The molecule has 4 atom stereocenters. The molecule has 1 aliphatic heterocycles. The third-order valence-corrected chi connectivity index (χ3v) is 5.68. The quantitative estimate of drug-likeness (QED) is 0.659. The maximum Gasteiger partial charge on any atom is 0.313 e. The minimum atomic E-state index is -0.872. The molecule has 0 radical (unpaired) electrons. The Bertz CT molecular complexity index is 953. The van der Waals surface area contributed by atoms with Crippen LogP contribution in [0.15, 0.2) is 79.1 Å². The van der Waals surface area contributed by atoms with Gasteiger partial charge in [0.15, 0.2) is 0 Å². The van der Waals surface area contributed by atoms with Crippen LogP contribution in [-0.4, -0.2) is 39.2 Å². The van der Waals surface area contributed by atoms with Crippen LogP contribution in [0.4, 0.5) is 0 Å². The van der Waals surface area contributed by atoms with Crippen molar-refractivity contribution in [3.63, 3.8) is 0 Å². The van der Waals surface area contributed by atoms with Crippen LogP contribution in [0.25, 0.3) is 0 Å². The number of methoxy groups -OCH3 is 1. The van der Waals surface area contributed by atoms with Gasteiger partial charge in [-0.15, -0.1) is 0 Å². The molecule has 154 valence electrons. The Morgan fingerprint density at radius 2 is 1.63 bits per heavy atom. The topological polar surface area (TPSA) is 75.6 Å². The van der Waals surface area contributed by atoms with Gasteiger partial charge in [0.25, 0.3) is 0 Å². The number of aliphatic hydroxyl groups excluding tert-OH is 1. The molecule has 1 aromatic carbocycles. The molecule has 6 heteroatoms. The number of benzene rings is 1. The summed E-state index contributed by atoms with van der Waals surface area (Å²) in [4.78, 5) is 24.1. The summed E-state index contributed by atoms with van der Waals surface area (Å²) in [5, 5.41) is 11.0. The van der Waals surface area contributed by atoms with Crippen molar-refractivity contribution in [2.24, 2.45) is 5.92 Å². The van der Waals surface area contributed by atoms with E-state index in [1.54, 1.807) is 12.4 Å². The molecular formula is C24H25N3O3. The third kappa shape index (κ3) is 4.10. The lowest BCUT2D eigenvalue weighted by Crippen LogP contribution is -2.50. The second-order valence-electron chi connectivity index (χ2n) is 7.48. The lowest BCUT2D eigenvalue weighted by atomic mass is 9.79. The van der Waals surface area contributed by atoms with Gasteiger partial charge >= 0.3 is 5.97 Å². The summed E-state index contributed by atoms with van der Waals surface area (Å²) in [6.07, 6.45) is 2.97. The lowest BCUT2D eigenvalue weighted by Gasteiger charge is -2.47. The fourth-order valence-electron chi connectivity index (χ4n) is 4.31. The number of aliphatic hydroxyl groups is 1. The molecule has 0 bridgehead atoms. The highest BCUT2D eigenvalue weighted by Gasteiger charge is 2.48. The van der Waals surface area contributed by atoms with Gasteiger partial charge < -0.3 is 9.84 Å². The van der Waals surface area contributed by atoms with Gasteiger partial charge in [-0.1, -0.05) is 42.5 Å². The van der Waals surface area contributed by atoms with Crippen molar-refractivity contribution in [1.82, 2.24) is 14.9 Å². The van der Waals surface area contributed by atoms with Gasteiger partial charge in [-0.25, -0.2) is 0 Å². The molecule has 0 aliphatic carbocycles. The maximum absolute atomic E-state index is 12.7. The van der Waals surface area contributed by atoms with Crippen LogP contribution in [0.3, 0.4) is 0 Å². The van der Waals surface area contributed by atoms with Gasteiger partial charge in [0, 0.05) is 18.9 Å². The van der Waals surface area contributed by atoms with E-state index in [1.165, 1.54) is 7.11 Å². The minimum absolute atomic E-state index is 0.172. The SMILES string of the molecule is COC(=O)C1C(O)CC(c2ccccn2)N(Cc2ccccc2)C1c1ccccn1. The molecule has 30 heavy (non-hydrogen) atoms. The summed E-state index contributed by atoms with van der Waals surface area (Å²) >= 11 is 0. The average Bonchev–Trinajstić information content (AvgIpc) is 2.81. The fourth-order valence-corrected chi connectivity index (χ4v) is 4.31. The number of hydrogen-bond donors (Lipinski definition) is 1. The number of ether oxygens (including phenoxy) is 1. The second kappa shape index (κ2) is 9.15. The van der Waals surface area contributed by atoms with E-state index in [9.17, 15) is 9.90 Å². The molecule has 1 fully saturated rings. The molecule has 3 heterocycles. The van der Waals surface area contributed by atoms with Crippen LogP contribution in [-0.2, 0) is 16.1 Å². The van der Waals surface area contributed by atoms with E-state index >= 15 is 0 Å². The van der Waals surface area contributed by atoms with Crippen molar-refractivity contribution >= 4 is 5.97 Å². The number of carbonyl (C=O) groups excluding carboxylic acids is 1. The highest BCUT2D eigenvalue weighted by atomic mass is 16.5. The third-order valence-electron chi connectivity index (χ3n) is 5.68. The second-order valence-corrected chi connectivity index (χ2v) is 7.48. The number of hydrogen-bond acceptors (Lipinski definition) is 6. The molecule has 0 saturated carbocycles. The Hall–Kier alpha value is -3.09. The van der Waals surface area contributed by atoms with E-state index < -0.39 is 24.0 Å². The van der Waals surface area contributed by atoms with Gasteiger partial charge in [0.1, 0.15) is 5.92 Å². The van der Waals surface area contributed by atoms with Crippen LogP contribution in [0.2, 0.25) is 0 Å². The highest BCUT2D eigenvalue weighted by Crippen LogP contribution is 2.45. The van der Waals surface area contributed by atoms with E-state index in [4.69, 9.17) is 4.74 Å². The molecule has 1 aliphatic rings. The average molecular weight is 403 g/mol.